The largest absolute Gasteiger partial charge is 0.385 e. The molecule has 1 aliphatic rings. The van der Waals surface area contributed by atoms with E-state index in [9.17, 15) is 13.2 Å². The summed E-state index contributed by atoms with van der Waals surface area (Å²) in [4.78, 5) is 14.4. The smallest absolute Gasteiger partial charge is 0.256 e. The maximum absolute atomic E-state index is 12.8. The van der Waals surface area contributed by atoms with Gasteiger partial charge in [-0.05, 0) is 39.0 Å². The molecule has 0 bridgehead atoms. The number of carbonyl (C=O) groups excluding carboxylic acids is 1. The van der Waals surface area contributed by atoms with E-state index < -0.39 is 14.6 Å². The van der Waals surface area contributed by atoms with Crippen LogP contribution in [0.5, 0.6) is 0 Å². The van der Waals surface area contributed by atoms with E-state index in [1.54, 1.807) is 36.9 Å². The first-order valence-electron chi connectivity index (χ1n) is 7.23. The van der Waals surface area contributed by atoms with E-state index in [1.807, 2.05) is 6.92 Å². The molecule has 0 atom stereocenters. The fraction of sp³-hybridized carbons (Fsp3) is 0.533. The molecule has 0 aromatic heterocycles. The molecule has 2 rings (SSSR count). The second kappa shape index (κ2) is 6.08. The number of halogens is 1. The average molecular weight is 345 g/mol. The predicted octanol–water partition coefficient (Wildman–Crippen LogP) is 2.42. The summed E-state index contributed by atoms with van der Waals surface area (Å²) in [5.41, 5.74) is 1.19. The van der Waals surface area contributed by atoms with Gasteiger partial charge in [-0.25, -0.2) is 8.42 Å². The quantitative estimate of drug-likeness (QED) is 0.914. The Morgan fingerprint density at radius 3 is 2.68 bits per heavy atom. The van der Waals surface area contributed by atoms with Crippen LogP contribution in [0.2, 0.25) is 5.02 Å². The van der Waals surface area contributed by atoms with Gasteiger partial charge in [0.1, 0.15) is 0 Å². The molecule has 0 radical (unpaired) electrons. The third-order valence-electron chi connectivity index (χ3n) is 3.91. The van der Waals surface area contributed by atoms with Crippen molar-refractivity contribution in [1.82, 2.24) is 4.90 Å². The zero-order valence-electron chi connectivity index (χ0n) is 13.0. The van der Waals surface area contributed by atoms with Gasteiger partial charge in [-0.3, -0.25) is 4.79 Å². The van der Waals surface area contributed by atoms with Crippen LogP contribution in [0.15, 0.2) is 18.2 Å². The fourth-order valence-corrected chi connectivity index (χ4v) is 4.06. The number of hydrogen-bond donors (Lipinski definition) is 1. The molecular formula is C15H21ClN2O3S. The predicted molar refractivity (Wildman–Crippen MR) is 89.4 cm³/mol. The maximum atomic E-state index is 12.8. The van der Waals surface area contributed by atoms with Crippen LogP contribution in [-0.4, -0.2) is 49.4 Å². The van der Waals surface area contributed by atoms with E-state index in [0.29, 0.717) is 22.8 Å². The van der Waals surface area contributed by atoms with Gasteiger partial charge in [-0.2, -0.15) is 0 Å². The van der Waals surface area contributed by atoms with Crippen LogP contribution in [0.1, 0.15) is 31.1 Å². The highest BCUT2D eigenvalue weighted by atomic mass is 35.5. The SMILES string of the molecule is CCNc1ccc(Cl)cc1C(=O)N1CCS(=O)(=O)C(C)(C)C1. The minimum absolute atomic E-state index is 0.0111. The molecule has 122 valence electrons. The molecule has 0 unspecified atom stereocenters. The first kappa shape index (κ1) is 17.1. The summed E-state index contributed by atoms with van der Waals surface area (Å²) < 4.78 is 23.2. The Bertz CT molecular complexity index is 686. The minimum atomic E-state index is -3.17. The summed E-state index contributed by atoms with van der Waals surface area (Å²) in [6.07, 6.45) is 0. The Hall–Kier alpha value is -1.27. The van der Waals surface area contributed by atoms with Crippen LogP contribution in [0, 0.1) is 0 Å². The van der Waals surface area contributed by atoms with Crippen molar-refractivity contribution in [2.75, 3.05) is 30.7 Å². The summed E-state index contributed by atoms with van der Waals surface area (Å²) in [6, 6.07) is 5.11. The Morgan fingerprint density at radius 1 is 1.41 bits per heavy atom. The molecule has 0 spiro atoms. The van der Waals surface area contributed by atoms with Crippen molar-refractivity contribution in [1.29, 1.82) is 0 Å². The van der Waals surface area contributed by atoms with Crippen LogP contribution in [0.3, 0.4) is 0 Å². The summed E-state index contributed by atoms with van der Waals surface area (Å²) in [6.45, 7) is 6.34. The number of benzene rings is 1. The van der Waals surface area contributed by atoms with E-state index in [0.717, 1.165) is 0 Å². The third kappa shape index (κ3) is 3.22. The van der Waals surface area contributed by atoms with Crippen molar-refractivity contribution in [3.63, 3.8) is 0 Å². The van der Waals surface area contributed by atoms with Gasteiger partial charge in [0.2, 0.25) is 0 Å². The lowest BCUT2D eigenvalue weighted by molar-refractivity contribution is 0.0744. The molecule has 5 nitrogen and oxygen atoms in total. The van der Waals surface area contributed by atoms with Gasteiger partial charge in [-0.1, -0.05) is 11.6 Å². The molecule has 0 saturated carbocycles. The van der Waals surface area contributed by atoms with Crippen LogP contribution in [-0.2, 0) is 9.84 Å². The molecule has 1 aromatic rings. The molecule has 1 N–H and O–H groups in total. The van der Waals surface area contributed by atoms with Crippen molar-refractivity contribution < 1.29 is 13.2 Å². The van der Waals surface area contributed by atoms with Crippen LogP contribution in [0.25, 0.3) is 0 Å². The maximum Gasteiger partial charge on any atom is 0.256 e. The minimum Gasteiger partial charge on any atom is -0.385 e. The zero-order valence-corrected chi connectivity index (χ0v) is 14.6. The van der Waals surface area contributed by atoms with Gasteiger partial charge in [0.05, 0.1) is 16.1 Å². The van der Waals surface area contributed by atoms with Crippen molar-refractivity contribution in [3.05, 3.63) is 28.8 Å². The monoisotopic (exact) mass is 344 g/mol. The molecular weight excluding hydrogens is 324 g/mol. The van der Waals surface area contributed by atoms with Crippen molar-refractivity contribution in [2.24, 2.45) is 0 Å². The first-order chi connectivity index (χ1) is 10.2. The molecule has 1 saturated heterocycles. The Balaban J connectivity index is 2.31. The number of nitrogens with zero attached hydrogens (tertiary/aromatic N) is 1. The molecule has 1 aromatic carbocycles. The molecule has 1 amide bonds. The molecule has 1 aliphatic heterocycles. The lowest BCUT2D eigenvalue weighted by Gasteiger charge is -2.37. The summed E-state index contributed by atoms with van der Waals surface area (Å²) in [7, 11) is -3.17. The summed E-state index contributed by atoms with van der Waals surface area (Å²) in [5.74, 6) is -0.204. The van der Waals surface area contributed by atoms with Crippen molar-refractivity contribution in [2.45, 2.75) is 25.5 Å². The number of carbonyl (C=O) groups is 1. The van der Waals surface area contributed by atoms with Crippen LogP contribution in [0.4, 0.5) is 5.69 Å². The third-order valence-corrected chi connectivity index (χ3v) is 6.68. The number of anilines is 1. The lowest BCUT2D eigenvalue weighted by Crippen LogP contribution is -2.54. The number of rotatable bonds is 3. The molecule has 0 aliphatic carbocycles. The van der Waals surface area contributed by atoms with Gasteiger partial charge in [0.25, 0.3) is 5.91 Å². The molecule has 1 fully saturated rings. The highest BCUT2D eigenvalue weighted by molar-refractivity contribution is 7.92. The number of hydrogen-bond acceptors (Lipinski definition) is 4. The van der Waals surface area contributed by atoms with Gasteiger partial charge in [0, 0.05) is 30.3 Å². The van der Waals surface area contributed by atoms with E-state index in [1.165, 1.54) is 0 Å². The zero-order chi connectivity index (χ0) is 16.5. The standard InChI is InChI=1S/C15H21ClN2O3S/c1-4-17-13-6-5-11(16)9-12(13)14(19)18-7-8-22(20,21)15(2,3)10-18/h5-6,9,17H,4,7-8,10H2,1-3H3. The highest BCUT2D eigenvalue weighted by Gasteiger charge is 2.41. The molecule has 1 heterocycles. The second-order valence-electron chi connectivity index (χ2n) is 6.03. The highest BCUT2D eigenvalue weighted by Crippen LogP contribution is 2.27. The van der Waals surface area contributed by atoms with E-state index in [4.69, 9.17) is 11.6 Å². The van der Waals surface area contributed by atoms with Crippen molar-refractivity contribution in [3.8, 4) is 0 Å². The first-order valence-corrected chi connectivity index (χ1v) is 9.26. The average Bonchev–Trinajstić information content (AvgIpc) is 2.43. The second-order valence-corrected chi connectivity index (χ2v) is 9.20. The van der Waals surface area contributed by atoms with E-state index in [-0.39, 0.29) is 24.7 Å². The normalized spacial score (nSPS) is 19.7. The van der Waals surface area contributed by atoms with Gasteiger partial charge >= 0.3 is 0 Å². The topological polar surface area (TPSA) is 66.5 Å². The Labute approximate surface area is 136 Å². The number of nitrogens with one attached hydrogen (secondary N) is 1. The number of amides is 1. The fourth-order valence-electron chi connectivity index (χ4n) is 2.53. The van der Waals surface area contributed by atoms with Gasteiger partial charge in [-0.15, -0.1) is 0 Å². The Morgan fingerprint density at radius 2 is 2.09 bits per heavy atom. The number of sulfone groups is 1. The van der Waals surface area contributed by atoms with Crippen molar-refractivity contribution >= 4 is 33.0 Å². The van der Waals surface area contributed by atoms with Crippen LogP contribution >= 0.6 is 11.6 Å². The van der Waals surface area contributed by atoms with Crippen LogP contribution < -0.4 is 5.32 Å². The summed E-state index contributed by atoms with van der Waals surface area (Å²) in [5, 5.41) is 3.62. The van der Waals surface area contributed by atoms with E-state index >= 15 is 0 Å². The molecule has 22 heavy (non-hydrogen) atoms. The van der Waals surface area contributed by atoms with E-state index in [2.05, 4.69) is 5.32 Å². The molecule has 7 heteroatoms. The summed E-state index contributed by atoms with van der Waals surface area (Å²) >= 11 is 6.01. The van der Waals surface area contributed by atoms with Gasteiger partial charge < -0.3 is 10.2 Å². The lowest BCUT2D eigenvalue weighted by atomic mass is 10.1. The van der Waals surface area contributed by atoms with Gasteiger partial charge in [0.15, 0.2) is 9.84 Å². The Kier molecular flexibility index (Phi) is 4.73.